The molecule has 0 bridgehead atoms. The van der Waals surface area contributed by atoms with E-state index in [1.165, 1.54) is 23.0 Å². The fraction of sp³-hybridized carbons (Fsp3) is 0.383. The van der Waals surface area contributed by atoms with E-state index in [9.17, 15) is 24.4 Å². The van der Waals surface area contributed by atoms with Gasteiger partial charge in [-0.15, -0.1) is 11.3 Å². The molecule has 0 aliphatic carbocycles. The first-order chi connectivity index (χ1) is 29.7. The van der Waals surface area contributed by atoms with Crippen LogP contribution in [-0.2, 0) is 39.0 Å². The highest BCUT2D eigenvalue weighted by molar-refractivity contribution is 7.53. The first kappa shape index (κ1) is 49.6. The highest BCUT2D eigenvalue weighted by atomic mass is 32.1. The normalized spacial score (nSPS) is 13.2. The second-order valence-electron chi connectivity index (χ2n) is 14.9. The van der Waals surface area contributed by atoms with E-state index in [-0.39, 0.29) is 50.4 Å². The monoisotopic (exact) mass is 890 g/mol. The summed E-state index contributed by atoms with van der Waals surface area (Å²) in [7, 11) is -3.31. The van der Waals surface area contributed by atoms with Crippen LogP contribution in [0, 0.1) is 5.92 Å². The molecule has 0 aliphatic heterocycles. The Hall–Kier alpha value is -5.08. The average molecular weight is 891 g/mol. The summed E-state index contributed by atoms with van der Waals surface area (Å²) >= 11 is 1.21. The quantitative estimate of drug-likeness (QED) is 0.0457. The fourth-order valence-electron chi connectivity index (χ4n) is 6.39. The lowest BCUT2D eigenvalue weighted by Gasteiger charge is -2.18. The number of rotatable bonds is 23. The molecule has 0 radical (unpaired) electrons. The lowest BCUT2D eigenvalue weighted by molar-refractivity contribution is 0.0695. The summed E-state index contributed by atoms with van der Waals surface area (Å²) in [6, 6.07) is 30.2. The zero-order chi connectivity index (χ0) is 45.1. The van der Waals surface area contributed by atoms with Gasteiger partial charge in [-0.3, -0.25) is 14.7 Å². The summed E-state index contributed by atoms with van der Waals surface area (Å²) in [5.41, 5.74) is 4.35. The fourth-order valence-corrected chi connectivity index (χ4v) is 8.82. The molecule has 0 fully saturated rings. The van der Waals surface area contributed by atoms with Crippen LogP contribution in [0.2, 0.25) is 0 Å². The molecule has 0 spiro atoms. The molecule has 4 atom stereocenters. The van der Waals surface area contributed by atoms with Crippen LogP contribution in [0.25, 0.3) is 0 Å². The number of aromatic nitrogens is 1. The Kier molecular flexibility index (Phi) is 20.1. The predicted molar refractivity (Wildman–Crippen MR) is 242 cm³/mol. The van der Waals surface area contributed by atoms with Gasteiger partial charge in [0, 0.05) is 23.4 Å². The number of aliphatic hydroxyl groups is 2. The van der Waals surface area contributed by atoms with Crippen LogP contribution >= 0.6 is 18.9 Å². The predicted octanol–water partition coefficient (Wildman–Crippen LogP) is 9.50. The molecule has 334 valence electrons. The number of amides is 1. The number of carboxylic acids is 1. The number of aromatic carboxylic acids is 1. The van der Waals surface area contributed by atoms with Crippen molar-refractivity contribution < 1.29 is 52.7 Å². The summed E-state index contributed by atoms with van der Waals surface area (Å²) in [5.74, 6) is 0.337. The van der Waals surface area contributed by atoms with E-state index in [1.54, 1.807) is 57.3 Å². The van der Waals surface area contributed by atoms with Gasteiger partial charge >= 0.3 is 13.6 Å². The van der Waals surface area contributed by atoms with Crippen LogP contribution in [0.5, 0.6) is 17.2 Å². The number of ether oxygens (including phenoxy) is 3. The van der Waals surface area contributed by atoms with Crippen molar-refractivity contribution in [2.24, 2.45) is 5.92 Å². The van der Waals surface area contributed by atoms with Crippen LogP contribution in [-0.4, -0.2) is 76.9 Å². The van der Waals surface area contributed by atoms with Gasteiger partial charge in [0.25, 0.3) is 5.91 Å². The highest BCUT2D eigenvalue weighted by Gasteiger charge is 2.26. The molecule has 15 heteroatoms. The van der Waals surface area contributed by atoms with Crippen molar-refractivity contribution in [2.75, 3.05) is 31.7 Å². The first-order valence-corrected chi connectivity index (χ1v) is 23.3. The average Bonchev–Trinajstić information content (AvgIpc) is 3.67. The minimum absolute atomic E-state index is 0.0146. The van der Waals surface area contributed by atoms with Gasteiger partial charge in [0.1, 0.15) is 29.5 Å². The number of carbonyl (C=O) groups excluding carboxylic acids is 1. The Balaban J connectivity index is 0.000000302. The van der Waals surface area contributed by atoms with Crippen LogP contribution in [0.15, 0.2) is 102 Å². The van der Waals surface area contributed by atoms with Gasteiger partial charge in [-0.05, 0) is 100 Å². The van der Waals surface area contributed by atoms with Gasteiger partial charge in [0.05, 0.1) is 50.0 Å². The third kappa shape index (κ3) is 17.0. The van der Waals surface area contributed by atoms with Crippen molar-refractivity contribution in [3.63, 3.8) is 0 Å². The molecule has 5 aromatic rings. The molecule has 0 unspecified atom stereocenters. The summed E-state index contributed by atoms with van der Waals surface area (Å²) < 4.78 is 41.0. The number of hydrogen-bond acceptors (Lipinski definition) is 12. The minimum atomic E-state index is -3.31. The number of nitrogens with one attached hydrogen (secondary N) is 1. The van der Waals surface area contributed by atoms with Crippen molar-refractivity contribution in [3.05, 3.63) is 136 Å². The molecule has 1 amide bonds. The summed E-state index contributed by atoms with van der Waals surface area (Å²) in [6.45, 7) is 11.3. The van der Waals surface area contributed by atoms with Gasteiger partial charge in [0.15, 0.2) is 5.13 Å². The molecule has 0 saturated heterocycles. The van der Waals surface area contributed by atoms with E-state index in [0.717, 1.165) is 24.0 Å². The van der Waals surface area contributed by atoms with Gasteiger partial charge in [-0.2, -0.15) is 0 Å². The second kappa shape index (κ2) is 25.1. The lowest BCUT2D eigenvalue weighted by atomic mass is 9.93. The summed E-state index contributed by atoms with van der Waals surface area (Å²) in [5, 5.41) is 32.7. The van der Waals surface area contributed by atoms with Gasteiger partial charge in [0.2, 0.25) is 0 Å². The first-order valence-electron chi connectivity index (χ1n) is 20.7. The Morgan fingerprint density at radius 2 is 1.18 bits per heavy atom. The topological polar surface area (TPSA) is 183 Å². The zero-order valence-electron chi connectivity index (χ0n) is 36.2. The Morgan fingerprint density at radius 3 is 1.71 bits per heavy atom. The van der Waals surface area contributed by atoms with Crippen LogP contribution < -0.4 is 19.5 Å². The van der Waals surface area contributed by atoms with E-state index >= 15 is 0 Å². The molecular weight excluding hydrogens is 832 g/mol. The molecule has 5 rings (SSSR count). The van der Waals surface area contributed by atoms with Gasteiger partial charge in [-0.1, -0.05) is 67.6 Å². The molecule has 13 nitrogen and oxygen atoms in total. The summed E-state index contributed by atoms with van der Waals surface area (Å²) in [6.07, 6.45) is 1.41. The van der Waals surface area contributed by atoms with Crippen molar-refractivity contribution in [3.8, 4) is 17.2 Å². The van der Waals surface area contributed by atoms with Crippen molar-refractivity contribution >= 4 is 35.9 Å². The Bertz CT molecular complexity index is 2180. The smallest absolute Gasteiger partial charge is 0.336 e. The third-order valence-electron chi connectivity index (χ3n) is 9.04. The maximum atomic E-state index is 13.1. The number of thiazole rings is 1. The van der Waals surface area contributed by atoms with E-state index in [2.05, 4.69) is 29.4 Å². The zero-order valence-corrected chi connectivity index (χ0v) is 37.9. The van der Waals surface area contributed by atoms with Crippen LogP contribution in [0.1, 0.15) is 84.6 Å². The van der Waals surface area contributed by atoms with E-state index in [1.807, 2.05) is 61.5 Å². The number of aliphatic hydroxyl groups excluding tert-OH is 2. The molecule has 1 aromatic heterocycles. The molecule has 4 aromatic carbocycles. The maximum absolute atomic E-state index is 13.1. The van der Waals surface area contributed by atoms with Crippen molar-refractivity contribution in [1.82, 2.24) is 4.98 Å². The molecular formula is C47H59N2O11PS. The van der Waals surface area contributed by atoms with E-state index in [4.69, 9.17) is 28.4 Å². The Morgan fingerprint density at radius 1 is 0.677 bits per heavy atom. The number of carbonyl (C=O) groups is 2. The van der Waals surface area contributed by atoms with Gasteiger partial charge in [-0.25, -0.2) is 9.78 Å². The maximum Gasteiger partial charge on any atom is 0.336 e. The second-order valence-corrected chi connectivity index (χ2v) is 17.8. The lowest BCUT2D eigenvalue weighted by Crippen LogP contribution is -2.19. The molecule has 4 N–H and O–H groups in total. The summed E-state index contributed by atoms with van der Waals surface area (Å²) in [4.78, 5) is 28.9. The van der Waals surface area contributed by atoms with Crippen LogP contribution in [0.3, 0.4) is 0 Å². The Labute approximate surface area is 368 Å². The van der Waals surface area contributed by atoms with Crippen LogP contribution in [0.4, 0.5) is 5.13 Å². The number of nitrogens with zero attached hydrogens (tertiary/aromatic N) is 1. The number of anilines is 1. The van der Waals surface area contributed by atoms with E-state index < -0.39 is 25.6 Å². The third-order valence-corrected chi connectivity index (χ3v) is 11.9. The SMILES string of the molecule is CCOP(=O)(Cc1csc(NC(=O)c2cc(O[C@@H](C)CO)cc(O[C@@H](C)Cc3ccccc3)c2)n1)OCC.C[C@@H](Cc1ccccc1)Cc1cc(O[C@@H](C)CO)cc(C(=O)O)c1. The number of carboxylic acid groups (broad SMARTS) is 1. The van der Waals surface area contributed by atoms with E-state index in [0.29, 0.717) is 46.0 Å². The highest BCUT2D eigenvalue weighted by Crippen LogP contribution is 2.51. The molecule has 1 heterocycles. The van der Waals surface area contributed by atoms with Gasteiger partial charge < -0.3 is 38.6 Å². The largest absolute Gasteiger partial charge is 0.490 e. The molecule has 62 heavy (non-hydrogen) atoms. The number of benzene rings is 4. The van der Waals surface area contributed by atoms with Crippen molar-refractivity contribution in [1.29, 1.82) is 0 Å². The standard InChI is InChI=1S/C27H35N2O7PS.C20H24O4/c1-5-33-37(32,34-6-2)17-23-18-38-27(28-23)29-26(31)22-13-24(15-25(14-22)36-20(4)16-30)35-19(3)12-21-10-8-7-9-11-21;1-14(8-16-6-4-3-5-7-16)9-17-10-18(20(22)23)12-19(11-17)24-15(2)13-21/h7-11,13-15,18-20,30H,5-6,12,16-17H2,1-4H3,(H,28,29,31);3-7,10-12,14-15,21H,8-9,13H2,1-2H3,(H,22,23)/t19-,20-;14-,15-/m00/s1. The minimum Gasteiger partial charge on any atom is -0.490 e. The molecule has 0 saturated carbocycles. The van der Waals surface area contributed by atoms with Crippen molar-refractivity contribution in [2.45, 2.75) is 85.3 Å². The molecule has 0 aliphatic rings. The number of hydrogen-bond donors (Lipinski definition) is 4.